The Labute approximate surface area is 87.4 Å². The SMILES string of the molecule is C1CCC(C[NH2+]C[C@H]2CCCO2)CC1. The van der Waals surface area contributed by atoms with E-state index < -0.39 is 0 Å². The lowest BCUT2D eigenvalue weighted by Gasteiger charge is -2.20. The molecule has 1 aliphatic carbocycles. The fourth-order valence-corrected chi connectivity index (χ4v) is 2.77. The van der Waals surface area contributed by atoms with E-state index in [1.807, 2.05) is 0 Å². The molecular formula is C12H24NO+. The molecule has 1 saturated heterocycles. The van der Waals surface area contributed by atoms with Gasteiger partial charge in [0.15, 0.2) is 0 Å². The third kappa shape index (κ3) is 3.25. The number of hydrogen-bond acceptors (Lipinski definition) is 1. The third-order valence-electron chi connectivity index (χ3n) is 3.68. The zero-order valence-corrected chi connectivity index (χ0v) is 9.21. The van der Waals surface area contributed by atoms with Gasteiger partial charge in [-0.05, 0) is 25.7 Å². The minimum atomic E-state index is 0.568. The van der Waals surface area contributed by atoms with Crippen LogP contribution in [-0.4, -0.2) is 25.8 Å². The van der Waals surface area contributed by atoms with Crippen LogP contribution in [0, 0.1) is 5.92 Å². The van der Waals surface area contributed by atoms with Gasteiger partial charge < -0.3 is 10.1 Å². The van der Waals surface area contributed by atoms with E-state index in [4.69, 9.17) is 4.74 Å². The Morgan fingerprint density at radius 2 is 1.79 bits per heavy atom. The van der Waals surface area contributed by atoms with Crippen LogP contribution < -0.4 is 5.32 Å². The molecule has 0 spiro atoms. The predicted octanol–water partition coefficient (Wildman–Crippen LogP) is 1.31. The number of nitrogens with two attached hydrogens (primary N) is 1. The summed E-state index contributed by atoms with van der Waals surface area (Å²) in [5, 5.41) is 2.49. The Morgan fingerprint density at radius 1 is 0.929 bits per heavy atom. The maximum atomic E-state index is 5.61. The topological polar surface area (TPSA) is 25.8 Å². The van der Waals surface area contributed by atoms with Crippen molar-refractivity contribution in [3.8, 4) is 0 Å². The monoisotopic (exact) mass is 198 g/mol. The lowest BCUT2D eigenvalue weighted by molar-refractivity contribution is -0.666. The lowest BCUT2D eigenvalue weighted by Crippen LogP contribution is -2.87. The molecule has 14 heavy (non-hydrogen) atoms. The third-order valence-corrected chi connectivity index (χ3v) is 3.68. The number of ether oxygens (including phenoxy) is 1. The van der Waals surface area contributed by atoms with Crippen molar-refractivity contribution in [1.29, 1.82) is 0 Å². The summed E-state index contributed by atoms with van der Waals surface area (Å²) in [4.78, 5) is 0. The summed E-state index contributed by atoms with van der Waals surface area (Å²) in [6, 6.07) is 0. The van der Waals surface area contributed by atoms with Crippen molar-refractivity contribution in [2.45, 2.75) is 51.0 Å². The Hall–Kier alpha value is -0.0800. The van der Waals surface area contributed by atoms with E-state index >= 15 is 0 Å². The van der Waals surface area contributed by atoms with Gasteiger partial charge in [0, 0.05) is 12.5 Å². The fraction of sp³-hybridized carbons (Fsp3) is 1.00. The van der Waals surface area contributed by atoms with E-state index in [0.29, 0.717) is 6.10 Å². The summed E-state index contributed by atoms with van der Waals surface area (Å²) in [5.41, 5.74) is 0. The highest BCUT2D eigenvalue weighted by molar-refractivity contribution is 4.65. The van der Waals surface area contributed by atoms with Crippen LogP contribution in [0.15, 0.2) is 0 Å². The van der Waals surface area contributed by atoms with Crippen molar-refractivity contribution in [3.63, 3.8) is 0 Å². The van der Waals surface area contributed by atoms with Crippen LogP contribution in [0.2, 0.25) is 0 Å². The predicted molar refractivity (Wildman–Crippen MR) is 57.2 cm³/mol. The molecule has 1 saturated carbocycles. The molecule has 0 bridgehead atoms. The highest BCUT2D eigenvalue weighted by atomic mass is 16.5. The maximum Gasteiger partial charge on any atom is 0.106 e. The van der Waals surface area contributed by atoms with Crippen LogP contribution in [0.4, 0.5) is 0 Å². The van der Waals surface area contributed by atoms with Crippen molar-refractivity contribution in [2.75, 3.05) is 19.7 Å². The first-order valence-electron chi connectivity index (χ1n) is 6.38. The average Bonchev–Trinajstić information content (AvgIpc) is 2.72. The molecule has 0 amide bonds. The second-order valence-corrected chi connectivity index (χ2v) is 4.90. The molecule has 0 radical (unpaired) electrons. The van der Waals surface area contributed by atoms with Gasteiger partial charge in [-0.3, -0.25) is 0 Å². The summed E-state index contributed by atoms with van der Waals surface area (Å²) in [7, 11) is 0. The maximum absolute atomic E-state index is 5.61. The van der Waals surface area contributed by atoms with Crippen LogP contribution in [0.25, 0.3) is 0 Å². The van der Waals surface area contributed by atoms with Gasteiger partial charge in [-0.15, -0.1) is 0 Å². The van der Waals surface area contributed by atoms with Crippen LogP contribution in [0.1, 0.15) is 44.9 Å². The molecule has 1 heterocycles. The molecule has 1 aliphatic heterocycles. The molecule has 2 rings (SSSR count). The second kappa shape index (κ2) is 5.72. The van der Waals surface area contributed by atoms with E-state index in [9.17, 15) is 0 Å². The van der Waals surface area contributed by atoms with Crippen LogP contribution in [-0.2, 0) is 4.74 Å². The molecule has 1 atom stereocenters. The number of rotatable bonds is 4. The summed E-state index contributed by atoms with van der Waals surface area (Å²) in [6.45, 7) is 3.55. The van der Waals surface area contributed by atoms with Gasteiger partial charge in [-0.1, -0.05) is 19.3 Å². The summed E-state index contributed by atoms with van der Waals surface area (Å²) < 4.78 is 5.61. The van der Waals surface area contributed by atoms with E-state index in [2.05, 4.69) is 5.32 Å². The largest absolute Gasteiger partial charge is 0.372 e. The van der Waals surface area contributed by atoms with E-state index in [1.165, 1.54) is 58.0 Å². The van der Waals surface area contributed by atoms with Crippen molar-refractivity contribution >= 4 is 0 Å². The zero-order chi connectivity index (χ0) is 9.64. The first kappa shape index (κ1) is 10.4. The van der Waals surface area contributed by atoms with Gasteiger partial charge in [0.25, 0.3) is 0 Å². The average molecular weight is 198 g/mol. The smallest absolute Gasteiger partial charge is 0.106 e. The summed E-state index contributed by atoms with van der Waals surface area (Å²) in [5.74, 6) is 1.00. The van der Waals surface area contributed by atoms with Gasteiger partial charge >= 0.3 is 0 Å². The van der Waals surface area contributed by atoms with Gasteiger partial charge in [0.2, 0.25) is 0 Å². The zero-order valence-electron chi connectivity index (χ0n) is 9.21. The van der Waals surface area contributed by atoms with E-state index in [-0.39, 0.29) is 0 Å². The highest BCUT2D eigenvalue weighted by Crippen LogP contribution is 2.21. The first-order chi connectivity index (χ1) is 6.95. The molecule has 2 heteroatoms. The number of hydrogen-bond donors (Lipinski definition) is 1. The minimum absolute atomic E-state index is 0.568. The normalized spacial score (nSPS) is 29.6. The van der Waals surface area contributed by atoms with Crippen molar-refractivity contribution in [3.05, 3.63) is 0 Å². The van der Waals surface area contributed by atoms with Crippen molar-refractivity contribution < 1.29 is 10.1 Å². The van der Waals surface area contributed by atoms with Crippen LogP contribution in [0.3, 0.4) is 0 Å². The van der Waals surface area contributed by atoms with E-state index in [1.54, 1.807) is 0 Å². The molecule has 2 aliphatic rings. The van der Waals surface area contributed by atoms with Crippen molar-refractivity contribution in [2.24, 2.45) is 5.92 Å². The van der Waals surface area contributed by atoms with E-state index in [0.717, 1.165) is 12.5 Å². The molecule has 2 fully saturated rings. The molecular weight excluding hydrogens is 174 g/mol. The molecule has 2 N–H and O–H groups in total. The molecule has 0 aromatic rings. The second-order valence-electron chi connectivity index (χ2n) is 4.90. The standard InChI is InChI=1S/C12H23NO/c1-2-5-11(6-3-1)9-13-10-12-7-4-8-14-12/h11-13H,1-10H2/p+1/t12-/m1/s1. The van der Waals surface area contributed by atoms with Crippen LogP contribution in [0.5, 0.6) is 0 Å². The molecule has 0 unspecified atom stereocenters. The van der Waals surface area contributed by atoms with Gasteiger partial charge in [-0.2, -0.15) is 0 Å². The fourth-order valence-electron chi connectivity index (χ4n) is 2.77. The van der Waals surface area contributed by atoms with Gasteiger partial charge in [-0.25, -0.2) is 0 Å². The van der Waals surface area contributed by atoms with Gasteiger partial charge in [0.05, 0.1) is 6.54 Å². The quantitative estimate of drug-likeness (QED) is 0.724. The lowest BCUT2D eigenvalue weighted by atomic mass is 9.89. The molecule has 2 nitrogen and oxygen atoms in total. The Bertz CT molecular complexity index is 148. The number of quaternary nitrogens is 1. The van der Waals surface area contributed by atoms with Crippen LogP contribution >= 0.6 is 0 Å². The molecule has 82 valence electrons. The Morgan fingerprint density at radius 3 is 2.50 bits per heavy atom. The Balaban J connectivity index is 1.52. The first-order valence-corrected chi connectivity index (χ1v) is 6.38. The Kier molecular flexibility index (Phi) is 4.26. The summed E-state index contributed by atoms with van der Waals surface area (Å²) >= 11 is 0. The minimum Gasteiger partial charge on any atom is -0.372 e. The molecule has 0 aromatic heterocycles. The summed E-state index contributed by atoms with van der Waals surface area (Å²) in [6.07, 6.45) is 10.5. The molecule has 0 aromatic carbocycles. The van der Waals surface area contributed by atoms with Crippen molar-refractivity contribution in [1.82, 2.24) is 0 Å². The highest BCUT2D eigenvalue weighted by Gasteiger charge is 2.19. The van der Waals surface area contributed by atoms with Gasteiger partial charge in [0.1, 0.15) is 12.6 Å².